The zero-order valence-electron chi connectivity index (χ0n) is 16.4. The summed E-state index contributed by atoms with van der Waals surface area (Å²) in [6.45, 7) is 2.32. The van der Waals surface area contributed by atoms with Crippen LogP contribution in [0.15, 0.2) is 18.2 Å². The molecule has 3 aliphatic rings. The molecular formula is C18H29KO10S2. The van der Waals surface area contributed by atoms with Crippen LogP contribution in [0.3, 0.4) is 0 Å². The van der Waals surface area contributed by atoms with Gasteiger partial charge < -0.3 is 10.2 Å². The molecule has 0 amide bonds. The third-order valence-corrected chi connectivity index (χ3v) is 6.66. The second-order valence-corrected chi connectivity index (χ2v) is 10.1. The Kier molecular flexibility index (Phi) is 10.6. The van der Waals surface area contributed by atoms with Gasteiger partial charge in [0.15, 0.2) is 0 Å². The SMILES string of the molecule is C[C@]12CC[C@@H]3c4ccc(O)cc4CC[C@H]3[C@@H]1CC[C@@H]2O.O=S(=O)(O)O.O=S(=O)(O)O.[KH]. The van der Waals surface area contributed by atoms with E-state index in [1.807, 2.05) is 12.1 Å². The molecule has 2 fully saturated rings. The van der Waals surface area contributed by atoms with Crippen molar-refractivity contribution < 1.29 is 45.3 Å². The quantitative estimate of drug-likeness (QED) is 0.222. The fourth-order valence-electron chi connectivity index (χ4n) is 5.54. The van der Waals surface area contributed by atoms with Crippen molar-refractivity contribution in [2.75, 3.05) is 0 Å². The van der Waals surface area contributed by atoms with Crippen LogP contribution in [-0.4, -0.2) is 103 Å². The van der Waals surface area contributed by atoms with Crippen molar-refractivity contribution in [2.45, 2.75) is 57.5 Å². The van der Waals surface area contributed by atoms with Gasteiger partial charge in [-0.3, -0.25) is 18.2 Å². The van der Waals surface area contributed by atoms with Gasteiger partial charge in [0.2, 0.25) is 0 Å². The van der Waals surface area contributed by atoms with Crippen LogP contribution >= 0.6 is 0 Å². The Bertz CT molecular complexity index is 920. The number of phenolic OH excluding ortho intramolecular Hbond substituents is 1. The molecule has 0 aromatic heterocycles. The number of aromatic hydroxyl groups is 1. The van der Waals surface area contributed by atoms with Gasteiger partial charge in [-0.2, -0.15) is 16.8 Å². The fourth-order valence-corrected chi connectivity index (χ4v) is 5.54. The number of fused-ring (bicyclic) bond motifs is 5. The van der Waals surface area contributed by atoms with E-state index in [1.54, 1.807) is 0 Å². The van der Waals surface area contributed by atoms with Gasteiger partial charge in [-0.25, -0.2) is 0 Å². The van der Waals surface area contributed by atoms with E-state index >= 15 is 0 Å². The molecule has 0 spiro atoms. The first kappa shape index (κ1) is 29.4. The molecule has 0 unspecified atom stereocenters. The molecule has 0 heterocycles. The normalized spacial score (nSPS) is 31.3. The van der Waals surface area contributed by atoms with Gasteiger partial charge in [0.05, 0.1) is 6.10 Å². The maximum atomic E-state index is 10.4. The molecule has 1 aromatic rings. The summed E-state index contributed by atoms with van der Waals surface area (Å²) in [5.41, 5.74) is 2.99. The summed E-state index contributed by atoms with van der Waals surface area (Å²) >= 11 is 0. The predicted molar refractivity (Wildman–Crippen MR) is 114 cm³/mol. The van der Waals surface area contributed by atoms with E-state index in [2.05, 4.69) is 13.0 Å². The summed E-state index contributed by atoms with van der Waals surface area (Å²) in [5.74, 6) is 2.49. The minimum absolute atomic E-state index is 0. The Morgan fingerprint density at radius 1 is 0.935 bits per heavy atom. The second kappa shape index (κ2) is 11.2. The first-order valence-corrected chi connectivity index (χ1v) is 12.3. The van der Waals surface area contributed by atoms with Crippen LogP contribution in [-0.2, 0) is 27.2 Å². The van der Waals surface area contributed by atoms with Gasteiger partial charge >= 0.3 is 72.2 Å². The number of rotatable bonds is 0. The Labute approximate surface area is 225 Å². The number of aliphatic hydroxyl groups is 1. The Balaban J connectivity index is 0.000000372. The molecule has 10 nitrogen and oxygen atoms in total. The van der Waals surface area contributed by atoms with Crippen LogP contribution < -0.4 is 0 Å². The second-order valence-electron chi connectivity index (χ2n) is 8.33. The average Bonchev–Trinajstić information content (AvgIpc) is 2.87. The zero-order valence-corrected chi connectivity index (χ0v) is 18.0. The molecule has 31 heavy (non-hydrogen) atoms. The van der Waals surface area contributed by atoms with Crippen molar-refractivity contribution in [3.05, 3.63) is 29.3 Å². The van der Waals surface area contributed by atoms with Crippen molar-refractivity contribution in [1.82, 2.24) is 0 Å². The van der Waals surface area contributed by atoms with E-state index in [0.717, 1.165) is 25.2 Å². The first-order valence-electron chi connectivity index (χ1n) is 9.49. The summed E-state index contributed by atoms with van der Waals surface area (Å²) in [4.78, 5) is 0. The summed E-state index contributed by atoms with van der Waals surface area (Å²) < 4.78 is 63.2. The number of phenols is 1. The number of aliphatic hydroxyl groups excluding tert-OH is 1. The van der Waals surface area contributed by atoms with E-state index in [0.29, 0.717) is 17.6 Å². The van der Waals surface area contributed by atoms with Crippen LogP contribution in [0.2, 0.25) is 0 Å². The molecule has 5 atom stereocenters. The van der Waals surface area contributed by atoms with E-state index in [-0.39, 0.29) is 62.9 Å². The monoisotopic (exact) mass is 508 g/mol. The molecule has 6 N–H and O–H groups in total. The molecule has 4 rings (SSSR count). The third-order valence-electron chi connectivity index (χ3n) is 6.66. The van der Waals surface area contributed by atoms with Crippen molar-refractivity contribution >= 4 is 72.2 Å². The van der Waals surface area contributed by atoms with Crippen molar-refractivity contribution in [2.24, 2.45) is 17.3 Å². The standard InChI is InChI=1S/C18H24O2.K.2H2O4S.H/c1-18-9-8-14-13-5-3-12(19)10-11(13)2-4-15(14)16(18)6-7-17(18)20;;2*1-5(2,3)4;/h3,5,10,14-17,19-20H,2,4,6-9H2,1H3;;2*(H2,1,2,3,4);/t14-,15-,16+,17+,18+;;;;/m1..../s1. The molecule has 0 radical (unpaired) electrons. The van der Waals surface area contributed by atoms with Gasteiger partial charge in [-0.1, -0.05) is 13.0 Å². The molecule has 2 saturated carbocycles. The number of aryl methyl sites for hydroxylation is 1. The summed E-state index contributed by atoms with van der Waals surface area (Å²) in [6.07, 6.45) is 6.78. The number of benzene rings is 1. The molecule has 1 aromatic carbocycles. The molecule has 0 saturated heterocycles. The van der Waals surface area contributed by atoms with Crippen LogP contribution in [0.5, 0.6) is 5.75 Å². The van der Waals surface area contributed by atoms with Crippen LogP contribution in [0.25, 0.3) is 0 Å². The molecular weight excluding hydrogens is 479 g/mol. The van der Waals surface area contributed by atoms with E-state index < -0.39 is 20.8 Å². The number of hydrogen-bond acceptors (Lipinski definition) is 6. The van der Waals surface area contributed by atoms with Crippen LogP contribution in [0, 0.1) is 17.3 Å². The fraction of sp³-hybridized carbons (Fsp3) is 0.667. The Morgan fingerprint density at radius 2 is 1.48 bits per heavy atom. The summed E-state index contributed by atoms with van der Waals surface area (Å²) in [5, 5.41) is 20.0. The van der Waals surface area contributed by atoms with Gasteiger partial charge in [-0.15, -0.1) is 0 Å². The van der Waals surface area contributed by atoms with E-state index in [9.17, 15) is 10.2 Å². The molecule has 0 aliphatic heterocycles. The molecule has 13 heteroatoms. The Morgan fingerprint density at radius 3 is 2.03 bits per heavy atom. The van der Waals surface area contributed by atoms with Gasteiger partial charge in [0, 0.05) is 0 Å². The average molecular weight is 509 g/mol. The van der Waals surface area contributed by atoms with Crippen LogP contribution in [0.4, 0.5) is 0 Å². The topological polar surface area (TPSA) is 190 Å². The predicted octanol–water partition coefficient (Wildman–Crippen LogP) is 1.66. The first-order chi connectivity index (χ1) is 13.6. The van der Waals surface area contributed by atoms with Crippen molar-refractivity contribution in [3.63, 3.8) is 0 Å². The van der Waals surface area contributed by atoms with Gasteiger partial charge in [0.25, 0.3) is 0 Å². The van der Waals surface area contributed by atoms with Gasteiger partial charge in [-0.05, 0) is 85.0 Å². The molecule has 0 bridgehead atoms. The number of hydrogen-bond donors (Lipinski definition) is 6. The van der Waals surface area contributed by atoms with Crippen LogP contribution in [0.1, 0.15) is 56.1 Å². The van der Waals surface area contributed by atoms with Gasteiger partial charge in [0.1, 0.15) is 5.75 Å². The zero-order chi connectivity index (χ0) is 22.9. The van der Waals surface area contributed by atoms with Crippen molar-refractivity contribution in [3.8, 4) is 5.75 Å². The maximum absolute atomic E-state index is 10.4. The Hall–Kier alpha value is 0.356. The minimum atomic E-state index is -4.67. The van der Waals surface area contributed by atoms with Crippen molar-refractivity contribution in [1.29, 1.82) is 0 Å². The summed E-state index contributed by atoms with van der Waals surface area (Å²) in [6, 6.07) is 5.96. The third kappa shape index (κ3) is 8.57. The summed E-state index contributed by atoms with van der Waals surface area (Å²) in [7, 11) is -9.33. The van der Waals surface area contributed by atoms with E-state index in [1.165, 1.54) is 30.4 Å². The molecule has 174 valence electrons. The van der Waals surface area contributed by atoms with E-state index in [4.69, 9.17) is 35.0 Å². The molecule has 3 aliphatic carbocycles.